The number of carbonyl (C=O) groups is 2. The van der Waals surface area contributed by atoms with Crippen LogP contribution in [0.1, 0.15) is 71.7 Å². The number of anilines is 2. The number of nitrogens with one attached hydrogen (secondary N) is 2. The Morgan fingerprint density at radius 3 is 2.31 bits per heavy atom. The molecule has 9 nitrogen and oxygen atoms in total. The highest BCUT2D eigenvalue weighted by atomic mass is 16.5. The summed E-state index contributed by atoms with van der Waals surface area (Å²) in [6.07, 6.45) is 5.94. The molecule has 0 spiro atoms. The molecule has 1 aliphatic carbocycles. The molecule has 3 saturated heterocycles. The zero-order valence-electron chi connectivity index (χ0n) is 26.2. The summed E-state index contributed by atoms with van der Waals surface area (Å²) in [7, 11) is 0. The number of carbonyl (C=O) groups excluding carboxylic acids is 2. The van der Waals surface area contributed by atoms with Gasteiger partial charge in [-0.05, 0) is 86.9 Å². The Labute approximate surface area is 265 Å². The molecule has 4 aliphatic rings. The number of benzene rings is 2. The molecule has 2 N–H and O–H groups in total. The SMILES string of the molecule is Cc1nc(Nc2ccc(C(=O)NC3CC3)cc2)ccc1CN1CCC(N2C(=O)N(C3CCOCC3)CC2c2ccccc2)CC1. The molecule has 1 atom stereocenters. The summed E-state index contributed by atoms with van der Waals surface area (Å²) < 4.78 is 5.60. The van der Waals surface area contributed by atoms with E-state index < -0.39 is 0 Å². The largest absolute Gasteiger partial charge is 0.381 e. The predicted molar refractivity (Wildman–Crippen MR) is 174 cm³/mol. The minimum Gasteiger partial charge on any atom is -0.381 e. The van der Waals surface area contributed by atoms with E-state index in [1.807, 2.05) is 36.4 Å². The molecule has 3 aromatic rings. The zero-order valence-corrected chi connectivity index (χ0v) is 26.2. The molecule has 45 heavy (non-hydrogen) atoms. The number of aryl methyl sites for hydroxylation is 1. The number of aromatic nitrogens is 1. The van der Waals surface area contributed by atoms with Crippen LogP contribution < -0.4 is 10.6 Å². The van der Waals surface area contributed by atoms with Gasteiger partial charge >= 0.3 is 6.03 Å². The van der Waals surface area contributed by atoms with Crippen LogP contribution in [0.25, 0.3) is 0 Å². The van der Waals surface area contributed by atoms with E-state index in [-0.39, 0.29) is 30.1 Å². The maximum absolute atomic E-state index is 13.9. The first-order valence-electron chi connectivity index (χ1n) is 16.6. The molecule has 9 heteroatoms. The van der Waals surface area contributed by atoms with Crippen LogP contribution in [-0.2, 0) is 11.3 Å². The number of likely N-dealkylation sites (tertiary alicyclic amines) is 1. The summed E-state index contributed by atoms with van der Waals surface area (Å²) >= 11 is 0. The van der Waals surface area contributed by atoms with Crippen LogP contribution in [0.2, 0.25) is 0 Å². The van der Waals surface area contributed by atoms with Crippen molar-refractivity contribution in [2.75, 3.05) is 38.2 Å². The molecular weight excluding hydrogens is 564 g/mol. The zero-order chi connectivity index (χ0) is 30.8. The van der Waals surface area contributed by atoms with E-state index in [1.54, 1.807) is 0 Å². The second-order valence-corrected chi connectivity index (χ2v) is 13.0. The van der Waals surface area contributed by atoms with Gasteiger partial charge < -0.3 is 25.2 Å². The Morgan fingerprint density at radius 1 is 0.889 bits per heavy atom. The molecular formula is C36H44N6O3. The van der Waals surface area contributed by atoms with Crippen molar-refractivity contribution in [3.63, 3.8) is 0 Å². The Balaban J connectivity index is 0.956. The van der Waals surface area contributed by atoms with Crippen molar-refractivity contribution >= 4 is 23.4 Å². The van der Waals surface area contributed by atoms with Gasteiger partial charge in [-0.3, -0.25) is 9.69 Å². The molecule has 3 aliphatic heterocycles. The number of urea groups is 1. The number of hydrogen-bond donors (Lipinski definition) is 2. The Morgan fingerprint density at radius 2 is 1.62 bits per heavy atom. The molecule has 1 aromatic heterocycles. The van der Waals surface area contributed by atoms with Crippen LogP contribution in [0.4, 0.5) is 16.3 Å². The van der Waals surface area contributed by atoms with Gasteiger partial charge in [0, 0.05) is 74.5 Å². The molecule has 1 unspecified atom stereocenters. The van der Waals surface area contributed by atoms with E-state index >= 15 is 0 Å². The number of nitrogens with zero attached hydrogens (tertiary/aromatic N) is 4. The lowest BCUT2D eigenvalue weighted by atomic mass is 9.98. The minimum atomic E-state index is -0.00796. The third-order valence-corrected chi connectivity index (χ3v) is 9.86. The number of amides is 3. The Kier molecular flexibility index (Phi) is 8.72. The highest BCUT2D eigenvalue weighted by molar-refractivity contribution is 5.95. The standard InChI is InChI=1S/C36H44N6O3/c1-25-28(9-14-34(37-25)38-29-10-7-27(8-11-29)35(43)39-30-12-13-30)23-40-19-15-32(16-20-40)42-33(26-5-3-2-4-6-26)24-41(36(42)44)31-17-21-45-22-18-31/h2-11,14,30-33H,12-13,15-24H2,1H3,(H,37,38)(H,39,43). The van der Waals surface area contributed by atoms with Crippen LogP contribution >= 0.6 is 0 Å². The second-order valence-electron chi connectivity index (χ2n) is 13.0. The van der Waals surface area contributed by atoms with Crippen molar-refractivity contribution in [1.29, 1.82) is 0 Å². The Hall–Kier alpha value is -3.95. The van der Waals surface area contributed by atoms with Crippen LogP contribution in [0.3, 0.4) is 0 Å². The van der Waals surface area contributed by atoms with Crippen LogP contribution in [-0.4, -0.2) is 82.6 Å². The van der Waals surface area contributed by atoms with Gasteiger partial charge in [-0.25, -0.2) is 9.78 Å². The first kappa shape index (κ1) is 29.7. The average molecular weight is 609 g/mol. The van der Waals surface area contributed by atoms with Crippen molar-refractivity contribution in [2.24, 2.45) is 0 Å². The maximum Gasteiger partial charge on any atom is 0.321 e. The highest BCUT2D eigenvalue weighted by Gasteiger charge is 2.45. The predicted octanol–water partition coefficient (Wildman–Crippen LogP) is 5.65. The van der Waals surface area contributed by atoms with Gasteiger partial charge in [0.2, 0.25) is 0 Å². The number of hydrogen-bond acceptors (Lipinski definition) is 6. The molecule has 3 amide bonds. The molecule has 4 fully saturated rings. The monoisotopic (exact) mass is 608 g/mol. The fourth-order valence-electron chi connectivity index (χ4n) is 7.06. The van der Waals surface area contributed by atoms with Gasteiger partial charge in [-0.2, -0.15) is 0 Å². The summed E-state index contributed by atoms with van der Waals surface area (Å²) in [5.74, 6) is 0.783. The quantitative estimate of drug-likeness (QED) is 0.327. The molecule has 236 valence electrons. The summed E-state index contributed by atoms with van der Waals surface area (Å²) in [5.41, 5.74) is 5.04. The third kappa shape index (κ3) is 6.84. The average Bonchev–Trinajstić information content (AvgIpc) is 3.83. The minimum absolute atomic E-state index is 0.00796. The van der Waals surface area contributed by atoms with E-state index in [2.05, 4.69) is 62.6 Å². The molecule has 4 heterocycles. The molecule has 7 rings (SSSR count). The fraction of sp³-hybridized carbons (Fsp3) is 0.472. The summed E-state index contributed by atoms with van der Waals surface area (Å²) in [6.45, 7) is 7.06. The molecule has 0 radical (unpaired) electrons. The van der Waals surface area contributed by atoms with Gasteiger partial charge in [-0.15, -0.1) is 0 Å². The topological polar surface area (TPSA) is 90.0 Å². The van der Waals surface area contributed by atoms with Crippen molar-refractivity contribution in [3.05, 3.63) is 89.1 Å². The van der Waals surface area contributed by atoms with Crippen LogP contribution in [0.5, 0.6) is 0 Å². The lowest BCUT2D eigenvalue weighted by Gasteiger charge is -2.39. The van der Waals surface area contributed by atoms with Gasteiger partial charge in [-0.1, -0.05) is 36.4 Å². The number of pyridine rings is 1. The second kappa shape index (κ2) is 13.2. The fourth-order valence-corrected chi connectivity index (χ4v) is 7.06. The first-order chi connectivity index (χ1) is 22.0. The Bertz CT molecular complexity index is 1480. The lowest BCUT2D eigenvalue weighted by Crippen LogP contribution is -2.48. The maximum atomic E-state index is 13.9. The van der Waals surface area contributed by atoms with Crippen LogP contribution in [0.15, 0.2) is 66.7 Å². The van der Waals surface area contributed by atoms with E-state index in [0.29, 0.717) is 11.6 Å². The van der Waals surface area contributed by atoms with Crippen molar-refractivity contribution in [2.45, 2.75) is 76.2 Å². The first-order valence-corrected chi connectivity index (χ1v) is 16.6. The van der Waals surface area contributed by atoms with Gasteiger partial charge in [0.25, 0.3) is 5.91 Å². The van der Waals surface area contributed by atoms with Crippen LogP contribution in [0, 0.1) is 6.92 Å². The van der Waals surface area contributed by atoms with Crippen molar-refractivity contribution in [3.8, 4) is 0 Å². The molecule has 2 aromatic carbocycles. The van der Waals surface area contributed by atoms with E-state index in [9.17, 15) is 9.59 Å². The summed E-state index contributed by atoms with van der Waals surface area (Å²) in [6, 6.07) is 23.5. The van der Waals surface area contributed by atoms with E-state index in [0.717, 1.165) is 95.1 Å². The number of ether oxygens (including phenoxy) is 1. The summed E-state index contributed by atoms with van der Waals surface area (Å²) in [4.78, 5) is 37.9. The third-order valence-electron chi connectivity index (χ3n) is 9.86. The molecule has 0 bridgehead atoms. The number of piperidine rings is 1. The molecule has 1 saturated carbocycles. The normalized spacial score (nSPS) is 21.7. The van der Waals surface area contributed by atoms with Crippen molar-refractivity contribution in [1.82, 2.24) is 25.0 Å². The number of rotatable bonds is 9. The van der Waals surface area contributed by atoms with Gasteiger partial charge in [0.15, 0.2) is 0 Å². The van der Waals surface area contributed by atoms with Gasteiger partial charge in [0.05, 0.1) is 6.04 Å². The van der Waals surface area contributed by atoms with E-state index in [1.165, 1.54) is 11.1 Å². The van der Waals surface area contributed by atoms with E-state index in [4.69, 9.17) is 9.72 Å². The van der Waals surface area contributed by atoms with Crippen molar-refractivity contribution < 1.29 is 14.3 Å². The smallest absolute Gasteiger partial charge is 0.321 e. The lowest BCUT2D eigenvalue weighted by molar-refractivity contribution is 0.0493. The summed E-state index contributed by atoms with van der Waals surface area (Å²) in [5, 5.41) is 6.40. The highest BCUT2D eigenvalue weighted by Crippen LogP contribution is 2.37. The van der Waals surface area contributed by atoms with Gasteiger partial charge in [0.1, 0.15) is 5.82 Å².